The van der Waals surface area contributed by atoms with Gasteiger partial charge in [0.1, 0.15) is 18.4 Å². The number of halogens is 3. The van der Waals surface area contributed by atoms with Crippen LogP contribution in [0, 0.1) is 0 Å². The molecule has 0 spiro atoms. The number of aromatic nitrogens is 1. The minimum absolute atomic E-state index is 0.200. The highest BCUT2D eigenvalue weighted by Crippen LogP contribution is 2.36. The van der Waals surface area contributed by atoms with E-state index in [9.17, 15) is 9.59 Å². The van der Waals surface area contributed by atoms with Gasteiger partial charge in [-0.2, -0.15) is 0 Å². The van der Waals surface area contributed by atoms with Crippen molar-refractivity contribution in [1.82, 2.24) is 4.57 Å². The Bertz CT molecular complexity index is 1550. The largest absolute Gasteiger partial charge is 0.487 e. The Morgan fingerprint density at radius 1 is 1.28 bits per heavy atom. The first-order chi connectivity index (χ1) is 17.3. The van der Waals surface area contributed by atoms with Gasteiger partial charge in [-0.15, -0.1) is 0 Å². The van der Waals surface area contributed by atoms with Crippen LogP contribution in [0.5, 0.6) is 5.75 Å². The second-order valence-corrected chi connectivity index (χ2v) is 10.9. The van der Waals surface area contributed by atoms with Gasteiger partial charge in [-0.3, -0.25) is 9.36 Å². The van der Waals surface area contributed by atoms with Gasteiger partial charge in [-0.05, 0) is 81.1 Å². The molecule has 0 saturated heterocycles. The molecule has 36 heavy (non-hydrogen) atoms. The number of ether oxygens (including phenoxy) is 2. The second kappa shape index (κ2) is 11.3. The van der Waals surface area contributed by atoms with Crippen LogP contribution >= 0.6 is 54.8 Å². The van der Waals surface area contributed by atoms with Crippen LogP contribution in [-0.2, 0) is 9.53 Å². The molecule has 2 aromatic carbocycles. The average Bonchev–Trinajstić information content (AvgIpc) is 3.12. The molecule has 0 fully saturated rings. The van der Waals surface area contributed by atoms with Gasteiger partial charge in [0.05, 0.1) is 31.4 Å². The number of esters is 1. The molecule has 0 unspecified atom stereocenters. The first kappa shape index (κ1) is 26.6. The molecular formula is C26H21Br2ClN2O4S. The van der Waals surface area contributed by atoms with Gasteiger partial charge in [0.25, 0.3) is 5.56 Å². The molecule has 0 radical (unpaired) electrons. The Balaban J connectivity index is 1.91. The quantitative estimate of drug-likeness (QED) is 0.248. The maximum Gasteiger partial charge on any atom is 0.338 e. The summed E-state index contributed by atoms with van der Waals surface area (Å²) in [5, 5.41) is 0.441. The molecule has 0 N–H and O–H groups in total. The molecule has 6 nitrogen and oxygen atoms in total. The SMILES string of the molecule is C=CCOc1c(Br)cc(/C=c2\sc3n(c2=O)[C@H](c2ccccc2Cl)C(C(=O)OCC)=C(C)N=3)cc1Br. The molecule has 2 heterocycles. The molecule has 10 heteroatoms. The number of carbonyl (C=O) groups excluding carboxylic acids is 1. The molecule has 186 valence electrons. The number of hydrogen-bond acceptors (Lipinski definition) is 6. The zero-order chi connectivity index (χ0) is 26.0. The van der Waals surface area contributed by atoms with Crippen molar-refractivity contribution in [3.05, 3.63) is 105 Å². The average molecular weight is 653 g/mol. The van der Waals surface area contributed by atoms with E-state index in [4.69, 9.17) is 21.1 Å². The Kier molecular flexibility index (Phi) is 8.34. The summed E-state index contributed by atoms with van der Waals surface area (Å²) in [6.45, 7) is 7.70. The summed E-state index contributed by atoms with van der Waals surface area (Å²) in [6.07, 6.45) is 3.44. The van der Waals surface area contributed by atoms with Crippen molar-refractivity contribution >= 4 is 66.8 Å². The molecular weight excluding hydrogens is 632 g/mol. The predicted molar refractivity (Wildman–Crippen MR) is 149 cm³/mol. The summed E-state index contributed by atoms with van der Waals surface area (Å²) in [5.74, 6) is 0.114. The smallest absolute Gasteiger partial charge is 0.338 e. The maximum atomic E-state index is 13.7. The third kappa shape index (κ3) is 5.16. The molecule has 0 saturated carbocycles. The molecule has 1 atom stereocenters. The number of rotatable bonds is 7. The van der Waals surface area contributed by atoms with Gasteiger partial charge in [0, 0.05) is 5.02 Å². The summed E-state index contributed by atoms with van der Waals surface area (Å²) in [6, 6.07) is 10.1. The highest BCUT2D eigenvalue weighted by atomic mass is 79.9. The number of allylic oxidation sites excluding steroid dienone is 1. The number of fused-ring (bicyclic) bond motifs is 1. The van der Waals surface area contributed by atoms with E-state index >= 15 is 0 Å². The van der Waals surface area contributed by atoms with Crippen molar-refractivity contribution in [2.45, 2.75) is 19.9 Å². The minimum atomic E-state index is -0.760. The number of benzene rings is 2. The van der Waals surface area contributed by atoms with Crippen LogP contribution in [-0.4, -0.2) is 23.8 Å². The van der Waals surface area contributed by atoms with Crippen molar-refractivity contribution in [3.63, 3.8) is 0 Å². The van der Waals surface area contributed by atoms with Gasteiger partial charge in [-0.1, -0.05) is 53.8 Å². The lowest BCUT2D eigenvalue weighted by Gasteiger charge is -2.25. The molecule has 1 aliphatic rings. The lowest BCUT2D eigenvalue weighted by molar-refractivity contribution is -0.139. The van der Waals surface area contributed by atoms with Gasteiger partial charge >= 0.3 is 5.97 Å². The second-order valence-electron chi connectivity index (χ2n) is 7.74. The summed E-state index contributed by atoms with van der Waals surface area (Å²) in [4.78, 5) is 31.8. The molecule has 0 amide bonds. The van der Waals surface area contributed by atoms with Crippen LogP contribution in [0.2, 0.25) is 5.02 Å². The van der Waals surface area contributed by atoms with Crippen LogP contribution in [0.4, 0.5) is 0 Å². The summed E-state index contributed by atoms with van der Waals surface area (Å²) < 4.78 is 14.4. The Morgan fingerprint density at radius 3 is 2.61 bits per heavy atom. The van der Waals surface area contributed by atoms with Crippen LogP contribution in [0.1, 0.15) is 31.0 Å². The van der Waals surface area contributed by atoms with E-state index in [1.165, 1.54) is 15.9 Å². The third-order valence-electron chi connectivity index (χ3n) is 5.38. The predicted octanol–water partition coefficient (Wildman–Crippen LogP) is 5.54. The lowest BCUT2D eigenvalue weighted by Crippen LogP contribution is -2.40. The van der Waals surface area contributed by atoms with Crippen molar-refractivity contribution in [3.8, 4) is 5.75 Å². The maximum absolute atomic E-state index is 13.7. The lowest BCUT2D eigenvalue weighted by atomic mass is 9.96. The fourth-order valence-corrected chi connectivity index (χ4v) is 6.61. The van der Waals surface area contributed by atoms with Crippen molar-refractivity contribution in [1.29, 1.82) is 0 Å². The molecule has 0 bridgehead atoms. The van der Waals surface area contributed by atoms with E-state index in [1.807, 2.05) is 18.2 Å². The van der Waals surface area contributed by atoms with Gasteiger partial charge in [0.15, 0.2) is 4.80 Å². The van der Waals surface area contributed by atoms with Gasteiger partial charge < -0.3 is 9.47 Å². The molecule has 1 aromatic heterocycles. The van der Waals surface area contributed by atoms with Crippen molar-refractivity contribution < 1.29 is 14.3 Å². The van der Waals surface area contributed by atoms with E-state index in [-0.39, 0.29) is 17.7 Å². The van der Waals surface area contributed by atoms with E-state index in [2.05, 4.69) is 43.4 Å². The molecule has 1 aliphatic heterocycles. The first-order valence-electron chi connectivity index (χ1n) is 10.9. The van der Waals surface area contributed by atoms with Crippen molar-refractivity contribution in [2.75, 3.05) is 13.2 Å². The van der Waals surface area contributed by atoms with E-state index in [1.54, 1.807) is 44.2 Å². The number of nitrogens with zero attached hydrogens (tertiary/aromatic N) is 2. The van der Waals surface area contributed by atoms with E-state index in [0.29, 0.717) is 38.0 Å². The van der Waals surface area contributed by atoms with Gasteiger partial charge in [-0.25, -0.2) is 9.79 Å². The van der Waals surface area contributed by atoms with E-state index < -0.39 is 12.0 Å². The fraction of sp³-hybridized carbons (Fsp3) is 0.192. The van der Waals surface area contributed by atoms with Crippen LogP contribution < -0.4 is 19.6 Å². The highest BCUT2D eigenvalue weighted by Gasteiger charge is 2.34. The Hall–Kier alpha value is -2.46. The zero-order valence-corrected chi connectivity index (χ0v) is 24.1. The Labute approximate surface area is 233 Å². The molecule has 3 aromatic rings. The molecule has 4 rings (SSSR count). The van der Waals surface area contributed by atoms with Crippen molar-refractivity contribution in [2.24, 2.45) is 4.99 Å². The third-order valence-corrected chi connectivity index (χ3v) is 7.89. The monoisotopic (exact) mass is 650 g/mol. The van der Waals surface area contributed by atoms with Crippen LogP contribution in [0.25, 0.3) is 6.08 Å². The normalized spacial score (nSPS) is 15.4. The summed E-state index contributed by atoms with van der Waals surface area (Å²) >= 11 is 14.8. The van der Waals surface area contributed by atoms with Crippen LogP contribution in [0.15, 0.2) is 79.1 Å². The fourth-order valence-electron chi connectivity index (χ4n) is 3.88. The van der Waals surface area contributed by atoms with Gasteiger partial charge in [0.2, 0.25) is 0 Å². The number of carbonyl (C=O) groups is 1. The summed E-state index contributed by atoms with van der Waals surface area (Å²) in [5.41, 5.74) is 1.90. The number of hydrogen-bond donors (Lipinski definition) is 0. The summed E-state index contributed by atoms with van der Waals surface area (Å²) in [7, 11) is 0. The minimum Gasteiger partial charge on any atom is -0.487 e. The number of thiazole rings is 1. The molecule has 0 aliphatic carbocycles. The first-order valence-corrected chi connectivity index (χ1v) is 13.7. The highest BCUT2D eigenvalue weighted by molar-refractivity contribution is 9.11. The topological polar surface area (TPSA) is 69.9 Å². The van der Waals surface area contributed by atoms with E-state index in [0.717, 1.165) is 14.5 Å². The standard InChI is InChI=1S/C26H21Br2ClN2O4S/c1-4-10-35-23-17(27)11-15(12-18(23)28)13-20-24(32)31-22(16-8-6-7-9-19(16)29)21(25(33)34-5-2)14(3)30-26(31)36-20/h4,6-9,11-13,22H,1,5,10H2,2-3H3/b20-13-/t22-/m1/s1. The van der Waals surface area contributed by atoms with Crippen LogP contribution in [0.3, 0.4) is 0 Å². The zero-order valence-electron chi connectivity index (χ0n) is 19.4. The Morgan fingerprint density at radius 2 is 1.97 bits per heavy atom.